The van der Waals surface area contributed by atoms with Crippen LogP contribution in [0, 0.1) is 6.92 Å². The van der Waals surface area contributed by atoms with Crippen molar-refractivity contribution < 1.29 is 14.7 Å². The Morgan fingerprint density at radius 1 is 1.09 bits per heavy atom. The molecule has 2 rings (SSSR count). The van der Waals surface area contributed by atoms with Crippen LogP contribution in [0.2, 0.25) is 0 Å². The molecule has 5 nitrogen and oxygen atoms in total. The largest absolute Gasteiger partial charge is 0.477 e. The second-order valence-corrected chi connectivity index (χ2v) is 7.41. The molecule has 0 spiro atoms. The van der Waals surface area contributed by atoms with E-state index < -0.39 is 12.0 Å². The fourth-order valence-corrected chi connectivity index (χ4v) is 2.94. The fourth-order valence-electron chi connectivity index (χ4n) is 1.93. The molecule has 0 aliphatic rings. The number of anilines is 2. The van der Waals surface area contributed by atoms with Crippen LogP contribution in [0.1, 0.15) is 40.9 Å². The zero-order chi connectivity index (χ0) is 17.2. The summed E-state index contributed by atoms with van der Waals surface area (Å²) in [6.07, 6.45) is 0. The summed E-state index contributed by atoms with van der Waals surface area (Å²) >= 11 is 1.18. The summed E-state index contributed by atoms with van der Waals surface area (Å²) in [6, 6.07) is 8.63. The first-order valence-corrected chi connectivity index (χ1v) is 8.01. The van der Waals surface area contributed by atoms with E-state index in [1.807, 2.05) is 39.8 Å². The quantitative estimate of drug-likeness (QED) is 0.762. The van der Waals surface area contributed by atoms with Gasteiger partial charge in [0.2, 0.25) is 0 Å². The van der Waals surface area contributed by atoms with Crippen molar-refractivity contribution in [2.45, 2.75) is 33.1 Å². The van der Waals surface area contributed by atoms with Crippen molar-refractivity contribution in [2.24, 2.45) is 0 Å². The van der Waals surface area contributed by atoms with Crippen LogP contribution in [0.3, 0.4) is 0 Å². The average molecular weight is 332 g/mol. The maximum absolute atomic E-state index is 12.1. The Morgan fingerprint density at radius 2 is 1.70 bits per heavy atom. The van der Waals surface area contributed by atoms with Crippen LogP contribution in [-0.4, -0.2) is 17.1 Å². The Labute approximate surface area is 139 Å². The number of rotatable bonds is 3. The van der Waals surface area contributed by atoms with Crippen molar-refractivity contribution in [1.82, 2.24) is 0 Å². The van der Waals surface area contributed by atoms with Crippen molar-refractivity contribution in [3.05, 3.63) is 45.6 Å². The van der Waals surface area contributed by atoms with Crippen LogP contribution >= 0.6 is 11.3 Å². The molecule has 0 bridgehead atoms. The number of aryl methyl sites for hydroxylation is 1. The zero-order valence-electron chi connectivity index (χ0n) is 13.6. The molecular formula is C17H20N2O3S. The van der Waals surface area contributed by atoms with E-state index in [9.17, 15) is 14.7 Å². The van der Waals surface area contributed by atoms with Gasteiger partial charge in [0.05, 0.1) is 5.69 Å². The smallest absolute Gasteiger partial charge is 0.348 e. The highest BCUT2D eigenvalue weighted by atomic mass is 32.1. The molecule has 6 heteroatoms. The molecule has 1 aromatic heterocycles. The van der Waals surface area contributed by atoms with Crippen LogP contribution in [0.5, 0.6) is 0 Å². The number of carboxylic acids is 1. The van der Waals surface area contributed by atoms with Gasteiger partial charge in [0.1, 0.15) is 4.88 Å². The minimum absolute atomic E-state index is 0.133. The number of carbonyl (C=O) groups excluding carboxylic acids is 1. The molecule has 1 heterocycles. The second kappa shape index (κ2) is 6.42. The molecule has 2 amide bonds. The summed E-state index contributed by atoms with van der Waals surface area (Å²) < 4.78 is 0. The molecule has 0 atom stereocenters. The van der Waals surface area contributed by atoms with Crippen molar-refractivity contribution in [3.63, 3.8) is 0 Å². The first-order valence-electron chi connectivity index (χ1n) is 7.19. The van der Waals surface area contributed by atoms with E-state index in [2.05, 4.69) is 10.6 Å². The third-order valence-electron chi connectivity index (χ3n) is 3.22. The average Bonchev–Trinajstić information content (AvgIpc) is 2.85. The van der Waals surface area contributed by atoms with Crippen molar-refractivity contribution in [2.75, 3.05) is 10.6 Å². The SMILES string of the molecule is Cc1ccc(NC(=O)Nc2cc(C(C)(C)C)sc2C(=O)O)cc1. The normalized spacial score (nSPS) is 11.1. The number of amides is 2. The summed E-state index contributed by atoms with van der Waals surface area (Å²) in [5, 5.41) is 14.6. The fraction of sp³-hybridized carbons (Fsp3) is 0.294. The van der Waals surface area contributed by atoms with Gasteiger partial charge >= 0.3 is 12.0 Å². The molecule has 0 unspecified atom stereocenters. The number of benzene rings is 1. The lowest BCUT2D eigenvalue weighted by atomic mass is 9.94. The highest BCUT2D eigenvalue weighted by molar-refractivity contribution is 7.14. The molecule has 1 aromatic carbocycles. The lowest BCUT2D eigenvalue weighted by molar-refractivity contribution is 0.0703. The predicted octanol–water partition coefficient (Wildman–Crippen LogP) is 4.70. The van der Waals surface area contributed by atoms with Gasteiger partial charge in [0, 0.05) is 10.6 Å². The Kier molecular flexibility index (Phi) is 4.75. The Balaban J connectivity index is 2.18. The van der Waals surface area contributed by atoms with Crippen molar-refractivity contribution in [1.29, 1.82) is 0 Å². The topological polar surface area (TPSA) is 78.4 Å². The molecule has 0 fully saturated rings. The first-order chi connectivity index (χ1) is 10.7. The number of thiophene rings is 1. The summed E-state index contributed by atoms with van der Waals surface area (Å²) in [6.45, 7) is 7.96. The first kappa shape index (κ1) is 17.0. The highest BCUT2D eigenvalue weighted by Gasteiger charge is 2.23. The summed E-state index contributed by atoms with van der Waals surface area (Å²) in [4.78, 5) is 24.5. The zero-order valence-corrected chi connectivity index (χ0v) is 14.4. The predicted molar refractivity (Wildman–Crippen MR) is 93.8 cm³/mol. The number of carbonyl (C=O) groups is 2. The summed E-state index contributed by atoms with van der Waals surface area (Å²) in [7, 11) is 0. The van der Waals surface area contributed by atoms with E-state index in [0.29, 0.717) is 11.4 Å². The minimum atomic E-state index is -1.05. The van der Waals surface area contributed by atoms with Gasteiger partial charge in [0.15, 0.2) is 0 Å². The maximum Gasteiger partial charge on any atom is 0.348 e. The maximum atomic E-state index is 12.1. The standard InChI is InChI=1S/C17H20N2O3S/c1-10-5-7-11(8-6-10)18-16(22)19-12-9-13(17(2,3)4)23-14(12)15(20)21/h5-9H,1-4H3,(H,20,21)(H2,18,19,22). The molecule has 122 valence electrons. The third-order valence-corrected chi connectivity index (χ3v) is 4.77. The molecule has 0 radical (unpaired) electrons. The lowest BCUT2D eigenvalue weighted by Crippen LogP contribution is -2.20. The molecule has 0 aliphatic carbocycles. The third kappa shape index (κ3) is 4.32. The van der Waals surface area contributed by atoms with Gasteiger partial charge in [-0.05, 0) is 30.5 Å². The van der Waals surface area contributed by atoms with Gasteiger partial charge in [-0.15, -0.1) is 11.3 Å². The second-order valence-electron chi connectivity index (χ2n) is 6.35. The van der Waals surface area contributed by atoms with Gasteiger partial charge in [-0.1, -0.05) is 38.5 Å². The van der Waals surface area contributed by atoms with Crippen LogP contribution in [0.4, 0.5) is 16.2 Å². The van der Waals surface area contributed by atoms with Crippen LogP contribution in [-0.2, 0) is 5.41 Å². The van der Waals surface area contributed by atoms with E-state index in [4.69, 9.17) is 0 Å². The van der Waals surface area contributed by atoms with Crippen LogP contribution in [0.25, 0.3) is 0 Å². The Hall–Kier alpha value is -2.34. The molecule has 0 aliphatic heterocycles. The molecule has 0 saturated heterocycles. The van der Waals surface area contributed by atoms with Gasteiger partial charge < -0.3 is 15.7 Å². The van der Waals surface area contributed by atoms with E-state index >= 15 is 0 Å². The number of urea groups is 1. The van der Waals surface area contributed by atoms with Gasteiger partial charge in [0.25, 0.3) is 0 Å². The molecule has 0 saturated carbocycles. The number of nitrogens with one attached hydrogen (secondary N) is 2. The monoisotopic (exact) mass is 332 g/mol. The minimum Gasteiger partial charge on any atom is -0.477 e. The van der Waals surface area contributed by atoms with Crippen molar-refractivity contribution >= 4 is 34.7 Å². The van der Waals surface area contributed by atoms with Crippen LogP contribution < -0.4 is 10.6 Å². The highest BCUT2D eigenvalue weighted by Crippen LogP contribution is 2.35. The Morgan fingerprint density at radius 3 is 2.22 bits per heavy atom. The van der Waals surface area contributed by atoms with Gasteiger partial charge in [-0.3, -0.25) is 0 Å². The van der Waals surface area contributed by atoms with Gasteiger partial charge in [-0.2, -0.15) is 0 Å². The molecule has 23 heavy (non-hydrogen) atoms. The molecule has 2 aromatic rings. The summed E-state index contributed by atoms with van der Waals surface area (Å²) in [5.74, 6) is -1.05. The molecular weight excluding hydrogens is 312 g/mol. The Bertz CT molecular complexity index is 727. The number of aromatic carboxylic acids is 1. The number of hydrogen-bond donors (Lipinski definition) is 3. The lowest BCUT2D eigenvalue weighted by Gasteiger charge is -2.15. The van der Waals surface area contributed by atoms with Crippen molar-refractivity contribution in [3.8, 4) is 0 Å². The summed E-state index contributed by atoms with van der Waals surface area (Å²) in [5.41, 5.74) is 1.88. The van der Waals surface area contributed by atoms with E-state index in [1.54, 1.807) is 18.2 Å². The van der Waals surface area contributed by atoms with Crippen LogP contribution in [0.15, 0.2) is 30.3 Å². The molecule has 3 N–H and O–H groups in total. The van der Waals surface area contributed by atoms with E-state index in [-0.39, 0.29) is 10.3 Å². The number of carboxylic acid groups (broad SMARTS) is 1. The number of hydrogen-bond acceptors (Lipinski definition) is 3. The van der Waals surface area contributed by atoms with E-state index in [0.717, 1.165) is 10.4 Å². The van der Waals surface area contributed by atoms with E-state index in [1.165, 1.54) is 11.3 Å². The van der Waals surface area contributed by atoms with Gasteiger partial charge in [-0.25, -0.2) is 9.59 Å².